The molecule has 0 radical (unpaired) electrons. The topological polar surface area (TPSA) is 29.5 Å². The summed E-state index contributed by atoms with van der Waals surface area (Å²) in [5.74, 6) is -0.238. The van der Waals surface area contributed by atoms with Crippen molar-refractivity contribution < 1.29 is 9.53 Å². The van der Waals surface area contributed by atoms with Crippen LogP contribution in [0.25, 0.3) is 0 Å². The summed E-state index contributed by atoms with van der Waals surface area (Å²) in [7, 11) is 3.96. The van der Waals surface area contributed by atoms with Crippen LogP contribution >= 0.6 is 15.9 Å². The van der Waals surface area contributed by atoms with Gasteiger partial charge in [-0.3, -0.25) is 4.79 Å². The molecule has 1 aromatic carbocycles. The molecule has 0 aliphatic rings. The Morgan fingerprint density at radius 1 is 1.22 bits per heavy atom. The van der Waals surface area contributed by atoms with Crippen molar-refractivity contribution in [3.05, 3.63) is 35.9 Å². The van der Waals surface area contributed by atoms with Crippen LogP contribution in [0.4, 0.5) is 0 Å². The van der Waals surface area contributed by atoms with Gasteiger partial charge in [0.15, 0.2) is 0 Å². The van der Waals surface area contributed by atoms with Gasteiger partial charge in [0.05, 0.1) is 0 Å². The first-order valence-electron chi connectivity index (χ1n) is 5.99. The molecule has 4 heteroatoms. The number of carbonyl (C=O) groups excluding carboxylic acids is 1. The van der Waals surface area contributed by atoms with Gasteiger partial charge in [0, 0.05) is 6.04 Å². The number of rotatable bonds is 5. The molecule has 0 aliphatic heterocycles. The fourth-order valence-electron chi connectivity index (χ4n) is 1.58. The van der Waals surface area contributed by atoms with E-state index in [0.29, 0.717) is 0 Å². The van der Waals surface area contributed by atoms with Crippen molar-refractivity contribution in [2.45, 2.75) is 30.8 Å². The highest BCUT2D eigenvalue weighted by Gasteiger charge is 2.26. The molecule has 1 rings (SSSR count). The molecule has 0 heterocycles. The van der Waals surface area contributed by atoms with E-state index in [-0.39, 0.29) is 22.9 Å². The van der Waals surface area contributed by atoms with Gasteiger partial charge in [0.25, 0.3) is 0 Å². The van der Waals surface area contributed by atoms with Gasteiger partial charge in [0.1, 0.15) is 10.9 Å². The second-order valence-electron chi connectivity index (χ2n) is 4.59. The largest absolute Gasteiger partial charge is 0.455 e. The summed E-state index contributed by atoms with van der Waals surface area (Å²) in [6.07, 6.45) is -0.256. The summed E-state index contributed by atoms with van der Waals surface area (Å²) in [6.45, 7) is 3.81. The molecule has 18 heavy (non-hydrogen) atoms. The zero-order chi connectivity index (χ0) is 13.7. The zero-order valence-electron chi connectivity index (χ0n) is 11.3. The molecule has 1 aromatic rings. The van der Waals surface area contributed by atoms with Crippen molar-refractivity contribution in [2.75, 3.05) is 14.1 Å². The first-order chi connectivity index (χ1) is 8.43. The SMILES string of the molecule is C[C@@H](Br)C(=O)OC(c1ccccc1)[C@H](C)N(C)C. The van der Waals surface area contributed by atoms with E-state index >= 15 is 0 Å². The summed E-state index contributed by atoms with van der Waals surface area (Å²) < 4.78 is 5.59. The van der Waals surface area contributed by atoms with Gasteiger partial charge in [-0.25, -0.2) is 0 Å². The van der Waals surface area contributed by atoms with Crippen LogP contribution in [0.2, 0.25) is 0 Å². The van der Waals surface area contributed by atoms with Crippen molar-refractivity contribution in [1.82, 2.24) is 4.90 Å². The van der Waals surface area contributed by atoms with Gasteiger partial charge in [-0.15, -0.1) is 0 Å². The number of carbonyl (C=O) groups is 1. The lowest BCUT2D eigenvalue weighted by atomic mass is 10.0. The molecule has 0 bridgehead atoms. The Hall–Kier alpha value is -0.870. The lowest BCUT2D eigenvalue weighted by molar-refractivity contribution is -0.151. The molecule has 3 nitrogen and oxygen atoms in total. The molecule has 0 fully saturated rings. The first-order valence-corrected chi connectivity index (χ1v) is 6.91. The quantitative estimate of drug-likeness (QED) is 0.618. The minimum Gasteiger partial charge on any atom is -0.455 e. The third-order valence-electron chi connectivity index (χ3n) is 2.95. The smallest absolute Gasteiger partial charge is 0.320 e. The predicted molar refractivity (Wildman–Crippen MR) is 76.8 cm³/mol. The predicted octanol–water partition coefficient (Wildman–Crippen LogP) is 3.00. The normalized spacial score (nSPS) is 16.1. The lowest BCUT2D eigenvalue weighted by Crippen LogP contribution is -2.34. The van der Waals surface area contributed by atoms with E-state index in [1.165, 1.54) is 0 Å². The number of halogens is 1. The fourth-order valence-corrected chi connectivity index (χ4v) is 1.69. The average molecular weight is 314 g/mol. The van der Waals surface area contributed by atoms with Gasteiger partial charge in [-0.1, -0.05) is 46.3 Å². The molecule has 100 valence electrons. The Labute approximate surface area is 117 Å². The van der Waals surface area contributed by atoms with E-state index in [1.807, 2.05) is 56.3 Å². The fraction of sp³-hybridized carbons (Fsp3) is 0.500. The Balaban J connectivity index is 2.93. The Bertz CT molecular complexity index is 379. The van der Waals surface area contributed by atoms with Gasteiger partial charge < -0.3 is 9.64 Å². The number of likely N-dealkylation sites (N-methyl/N-ethyl adjacent to an activating group) is 1. The third-order valence-corrected chi connectivity index (χ3v) is 3.32. The Kier molecular flexibility index (Phi) is 5.82. The second-order valence-corrected chi connectivity index (χ2v) is 5.96. The minimum absolute atomic E-state index is 0.114. The molecular weight excluding hydrogens is 294 g/mol. The van der Waals surface area contributed by atoms with Gasteiger partial charge >= 0.3 is 5.97 Å². The van der Waals surface area contributed by atoms with Crippen LogP contribution in [0.1, 0.15) is 25.5 Å². The van der Waals surface area contributed by atoms with Crippen molar-refractivity contribution in [3.8, 4) is 0 Å². The van der Waals surface area contributed by atoms with Gasteiger partial charge in [-0.05, 0) is 33.5 Å². The maximum Gasteiger partial charge on any atom is 0.320 e. The van der Waals surface area contributed by atoms with Crippen molar-refractivity contribution in [3.63, 3.8) is 0 Å². The van der Waals surface area contributed by atoms with Crippen LogP contribution in [-0.4, -0.2) is 35.8 Å². The summed E-state index contributed by atoms with van der Waals surface area (Å²) in [5.41, 5.74) is 1.01. The van der Waals surface area contributed by atoms with Crippen LogP contribution in [0.3, 0.4) is 0 Å². The average Bonchev–Trinajstić information content (AvgIpc) is 2.35. The second kappa shape index (κ2) is 6.90. The molecular formula is C14H20BrNO2. The summed E-state index contributed by atoms with van der Waals surface area (Å²) in [5, 5.41) is 0. The molecule has 0 N–H and O–H groups in total. The molecule has 0 saturated carbocycles. The van der Waals surface area contributed by atoms with Crippen LogP contribution < -0.4 is 0 Å². The number of hydrogen-bond donors (Lipinski definition) is 0. The summed E-state index contributed by atoms with van der Waals surface area (Å²) in [6, 6.07) is 9.94. The molecule has 3 atom stereocenters. The van der Waals surface area contributed by atoms with Crippen LogP contribution in [0, 0.1) is 0 Å². The number of ether oxygens (including phenoxy) is 1. The lowest BCUT2D eigenvalue weighted by Gasteiger charge is -2.29. The van der Waals surface area contributed by atoms with Crippen LogP contribution in [0.5, 0.6) is 0 Å². The zero-order valence-corrected chi connectivity index (χ0v) is 12.8. The van der Waals surface area contributed by atoms with E-state index in [4.69, 9.17) is 4.74 Å². The molecule has 1 unspecified atom stereocenters. The number of benzene rings is 1. The standard InChI is InChI=1S/C14H20BrNO2/c1-10(15)14(17)18-13(11(2)16(3)4)12-8-6-5-7-9-12/h5-11,13H,1-4H3/t10-,11+,13?/m1/s1. The highest BCUT2D eigenvalue weighted by Crippen LogP contribution is 2.25. The highest BCUT2D eigenvalue weighted by atomic mass is 79.9. The van der Waals surface area contributed by atoms with Crippen molar-refractivity contribution in [2.24, 2.45) is 0 Å². The Morgan fingerprint density at radius 2 is 1.78 bits per heavy atom. The third kappa shape index (κ3) is 4.10. The maximum absolute atomic E-state index is 11.8. The summed E-state index contributed by atoms with van der Waals surface area (Å²) in [4.78, 5) is 13.5. The summed E-state index contributed by atoms with van der Waals surface area (Å²) >= 11 is 3.24. The maximum atomic E-state index is 11.8. The van der Waals surface area contributed by atoms with Crippen molar-refractivity contribution in [1.29, 1.82) is 0 Å². The first kappa shape index (κ1) is 15.2. The van der Waals surface area contributed by atoms with E-state index in [1.54, 1.807) is 6.92 Å². The van der Waals surface area contributed by atoms with Crippen LogP contribution in [0.15, 0.2) is 30.3 Å². The molecule has 0 saturated heterocycles. The van der Waals surface area contributed by atoms with E-state index in [9.17, 15) is 4.79 Å². The van der Waals surface area contributed by atoms with E-state index < -0.39 is 0 Å². The van der Waals surface area contributed by atoms with E-state index in [0.717, 1.165) is 5.56 Å². The molecule has 0 spiro atoms. The number of hydrogen-bond acceptors (Lipinski definition) is 3. The Morgan fingerprint density at radius 3 is 2.22 bits per heavy atom. The van der Waals surface area contributed by atoms with Gasteiger partial charge in [-0.2, -0.15) is 0 Å². The molecule has 0 aliphatic carbocycles. The number of alkyl halides is 1. The molecule has 0 aromatic heterocycles. The number of nitrogens with zero attached hydrogens (tertiary/aromatic N) is 1. The minimum atomic E-state index is -0.293. The molecule has 0 amide bonds. The van der Waals surface area contributed by atoms with Crippen molar-refractivity contribution >= 4 is 21.9 Å². The monoisotopic (exact) mass is 313 g/mol. The van der Waals surface area contributed by atoms with Gasteiger partial charge in [0.2, 0.25) is 0 Å². The number of esters is 1. The highest BCUT2D eigenvalue weighted by molar-refractivity contribution is 9.10. The van der Waals surface area contributed by atoms with Crippen LogP contribution in [-0.2, 0) is 9.53 Å². The van der Waals surface area contributed by atoms with E-state index in [2.05, 4.69) is 15.9 Å².